The van der Waals surface area contributed by atoms with Crippen LogP contribution in [-0.2, 0) is 4.79 Å². The van der Waals surface area contributed by atoms with Gasteiger partial charge in [0, 0.05) is 5.56 Å². The maximum absolute atomic E-state index is 12.8. The minimum atomic E-state index is -4.91. The van der Waals surface area contributed by atoms with E-state index in [1.807, 2.05) is 0 Å². The second-order valence-electron chi connectivity index (χ2n) is 3.69. The van der Waals surface area contributed by atoms with E-state index in [2.05, 4.69) is 0 Å². The molecule has 0 saturated heterocycles. The monoisotopic (exact) mass is 312 g/mol. The van der Waals surface area contributed by atoms with Gasteiger partial charge < -0.3 is 9.84 Å². The molecule has 1 heterocycles. The van der Waals surface area contributed by atoms with Gasteiger partial charge in [-0.25, -0.2) is 4.79 Å². The predicted molar refractivity (Wildman–Crippen MR) is 62.3 cm³/mol. The molecule has 1 aliphatic rings. The largest absolute Gasteiger partial charge is 0.478 e. The molecule has 0 aliphatic carbocycles. The Labute approximate surface area is 115 Å². The lowest BCUT2D eigenvalue weighted by Crippen LogP contribution is -2.41. The number of halogens is 5. The van der Waals surface area contributed by atoms with Gasteiger partial charge in [-0.15, -0.1) is 0 Å². The van der Waals surface area contributed by atoms with Gasteiger partial charge in [-0.05, 0) is 12.1 Å². The van der Waals surface area contributed by atoms with Gasteiger partial charge in [0.25, 0.3) is 0 Å². The quantitative estimate of drug-likeness (QED) is 0.860. The van der Waals surface area contributed by atoms with Gasteiger partial charge in [-0.2, -0.15) is 13.2 Å². The van der Waals surface area contributed by atoms with Crippen LogP contribution in [0, 0.1) is 0 Å². The first-order valence-electron chi connectivity index (χ1n) is 4.88. The summed E-state index contributed by atoms with van der Waals surface area (Å²) in [5.41, 5.74) is -1.03. The first-order chi connectivity index (χ1) is 8.73. The number of benzene rings is 1. The van der Waals surface area contributed by atoms with Crippen molar-refractivity contribution in [3.8, 4) is 5.75 Å². The smallest absolute Gasteiger partial charge is 0.430 e. The van der Waals surface area contributed by atoms with E-state index in [0.29, 0.717) is 0 Å². The fourth-order valence-corrected chi connectivity index (χ4v) is 2.22. The second kappa shape index (κ2) is 4.61. The Morgan fingerprint density at radius 2 is 1.95 bits per heavy atom. The summed E-state index contributed by atoms with van der Waals surface area (Å²) < 4.78 is 43.2. The maximum Gasteiger partial charge on any atom is 0.430 e. The van der Waals surface area contributed by atoms with E-state index in [1.165, 1.54) is 18.2 Å². The number of carboxylic acids is 1. The summed E-state index contributed by atoms with van der Waals surface area (Å²) >= 11 is 11.5. The Hall–Kier alpha value is -1.40. The third-order valence-corrected chi connectivity index (χ3v) is 3.17. The van der Waals surface area contributed by atoms with Crippen LogP contribution in [0.4, 0.5) is 13.2 Å². The number of para-hydroxylation sites is 1. The van der Waals surface area contributed by atoms with Gasteiger partial charge in [-0.1, -0.05) is 29.3 Å². The average Bonchev–Trinajstić information content (AvgIpc) is 2.28. The van der Waals surface area contributed by atoms with Gasteiger partial charge >= 0.3 is 12.1 Å². The van der Waals surface area contributed by atoms with E-state index in [0.717, 1.165) is 0 Å². The van der Waals surface area contributed by atoms with Crippen LogP contribution in [0.3, 0.4) is 0 Å². The highest BCUT2D eigenvalue weighted by molar-refractivity contribution is 6.51. The lowest BCUT2D eigenvalue weighted by Gasteiger charge is -2.29. The van der Waals surface area contributed by atoms with E-state index >= 15 is 0 Å². The SMILES string of the molecule is O=C(O)C1=C(Cl)c2cccc(Cl)c2OC1C(F)(F)F. The van der Waals surface area contributed by atoms with Crippen molar-refractivity contribution in [1.82, 2.24) is 0 Å². The Balaban J connectivity index is 2.70. The number of hydrogen-bond donors (Lipinski definition) is 1. The van der Waals surface area contributed by atoms with Crippen molar-refractivity contribution in [1.29, 1.82) is 0 Å². The number of aliphatic carboxylic acids is 1. The van der Waals surface area contributed by atoms with Crippen molar-refractivity contribution in [2.45, 2.75) is 12.3 Å². The molecular formula is C11H5Cl2F3O3. The van der Waals surface area contributed by atoms with Crippen molar-refractivity contribution in [2.24, 2.45) is 0 Å². The third kappa shape index (κ3) is 2.37. The molecule has 0 radical (unpaired) electrons. The minimum Gasteiger partial charge on any atom is -0.478 e. The molecule has 0 amide bonds. The van der Waals surface area contributed by atoms with Gasteiger partial charge in [-0.3, -0.25) is 0 Å². The zero-order valence-electron chi connectivity index (χ0n) is 8.96. The molecule has 0 bridgehead atoms. The average molecular weight is 313 g/mol. The number of alkyl halides is 3. The molecule has 0 fully saturated rings. The number of carboxylic acid groups (broad SMARTS) is 1. The van der Waals surface area contributed by atoms with Crippen molar-refractivity contribution in [3.63, 3.8) is 0 Å². The lowest BCUT2D eigenvalue weighted by atomic mass is 10.0. The summed E-state index contributed by atoms with van der Waals surface area (Å²) in [4.78, 5) is 11.0. The first-order valence-corrected chi connectivity index (χ1v) is 5.64. The van der Waals surface area contributed by atoms with Crippen LogP contribution < -0.4 is 4.74 Å². The normalized spacial score (nSPS) is 18.9. The molecule has 1 N–H and O–H groups in total. The van der Waals surface area contributed by atoms with Crippen LogP contribution in [0.25, 0.3) is 5.03 Å². The van der Waals surface area contributed by atoms with Gasteiger partial charge in [0.15, 0.2) is 0 Å². The van der Waals surface area contributed by atoms with Crippen LogP contribution in [-0.4, -0.2) is 23.4 Å². The number of hydrogen-bond acceptors (Lipinski definition) is 2. The van der Waals surface area contributed by atoms with Crippen LogP contribution in [0.2, 0.25) is 5.02 Å². The van der Waals surface area contributed by atoms with E-state index < -0.39 is 28.9 Å². The molecule has 2 rings (SSSR count). The fourth-order valence-electron chi connectivity index (χ4n) is 1.67. The molecule has 19 heavy (non-hydrogen) atoms. The number of rotatable bonds is 1. The second-order valence-corrected chi connectivity index (χ2v) is 4.47. The molecule has 1 aliphatic heterocycles. The molecule has 1 aromatic carbocycles. The molecule has 102 valence electrons. The van der Waals surface area contributed by atoms with E-state index in [4.69, 9.17) is 33.0 Å². The lowest BCUT2D eigenvalue weighted by molar-refractivity contribution is -0.187. The van der Waals surface area contributed by atoms with Crippen LogP contribution >= 0.6 is 23.2 Å². The van der Waals surface area contributed by atoms with E-state index in [1.54, 1.807) is 0 Å². The predicted octanol–water partition coefficient (Wildman–Crippen LogP) is 3.70. The Morgan fingerprint density at radius 1 is 1.32 bits per heavy atom. The minimum absolute atomic E-state index is 0.0204. The molecule has 1 unspecified atom stereocenters. The molecule has 0 spiro atoms. The van der Waals surface area contributed by atoms with Crippen molar-refractivity contribution < 1.29 is 27.8 Å². The molecule has 3 nitrogen and oxygen atoms in total. The highest BCUT2D eigenvalue weighted by atomic mass is 35.5. The summed E-state index contributed by atoms with van der Waals surface area (Å²) in [6.45, 7) is 0. The summed E-state index contributed by atoms with van der Waals surface area (Å²) in [6.07, 6.45) is -7.56. The fraction of sp³-hybridized carbons (Fsp3) is 0.182. The zero-order chi connectivity index (χ0) is 14.4. The highest BCUT2D eigenvalue weighted by Crippen LogP contribution is 2.45. The summed E-state index contributed by atoms with van der Waals surface area (Å²) in [5.74, 6) is -2.07. The molecule has 1 aromatic rings. The molecule has 8 heteroatoms. The van der Waals surface area contributed by atoms with Crippen molar-refractivity contribution in [3.05, 3.63) is 34.4 Å². The molecule has 1 atom stereocenters. The Kier molecular flexibility index (Phi) is 3.40. The third-order valence-electron chi connectivity index (χ3n) is 2.47. The standard InChI is InChI=1S/C11H5Cl2F3O3/c12-5-3-1-2-4-7(13)6(10(17)18)9(11(14,15)16)19-8(4)5/h1-3,9H,(H,17,18). The summed E-state index contributed by atoms with van der Waals surface area (Å²) in [5, 5.41) is 8.28. The van der Waals surface area contributed by atoms with E-state index in [-0.39, 0.29) is 16.3 Å². The molecule has 0 saturated carbocycles. The van der Waals surface area contributed by atoms with Gasteiger partial charge in [0.2, 0.25) is 6.10 Å². The number of ether oxygens (including phenoxy) is 1. The summed E-state index contributed by atoms with van der Waals surface area (Å²) in [7, 11) is 0. The number of fused-ring (bicyclic) bond motifs is 1. The van der Waals surface area contributed by atoms with Crippen molar-refractivity contribution in [2.75, 3.05) is 0 Å². The first kappa shape index (κ1) is 14.0. The van der Waals surface area contributed by atoms with Crippen LogP contribution in [0.5, 0.6) is 5.75 Å². The number of carbonyl (C=O) groups is 1. The van der Waals surface area contributed by atoms with Crippen LogP contribution in [0.1, 0.15) is 5.56 Å². The zero-order valence-corrected chi connectivity index (χ0v) is 10.5. The highest BCUT2D eigenvalue weighted by Gasteiger charge is 2.50. The van der Waals surface area contributed by atoms with Crippen LogP contribution in [0.15, 0.2) is 23.8 Å². The Morgan fingerprint density at radius 3 is 2.47 bits per heavy atom. The maximum atomic E-state index is 12.8. The Bertz CT molecular complexity index is 581. The van der Waals surface area contributed by atoms with Gasteiger partial charge in [0.1, 0.15) is 11.3 Å². The topological polar surface area (TPSA) is 46.5 Å². The molecule has 0 aromatic heterocycles. The molecular weight excluding hydrogens is 308 g/mol. The summed E-state index contributed by atoms with van der Waals surface area (Å²) in [6, 6.07) is 4.09. The van der Waals surface area contributed by atoms with Crippen molar-refractivity contribution >= 4 is 34.2 Å². The van der Waals surface area contributed by atoms with Gasteiger partial charge in [0.05, 0.1) is 10.1 Å². The van der Waals surface area contributed by atoms with E-state index in [9.17, 15) is 18.0 Å².